The Labute approximate surface area is 190 Å². The van der Waals surface area contributed by atoms with Crippen molar-refractivity contribution < 1.29 is 29.4 Å². The molecule has 0 bridgehead atoms. The van der Waals surface area contributed by atoms with E-state index in [1.165, 1.54) is 0 Å². The first-order chi connectivity index (χ1) is 15.7. The van der Waals surface area contributed by atoms with Crippen LogP contribution in [-0.2, 0) is 25.6 Å². The van der Waals surface area contributed by atoms with Gasteiger partial charge < -0.3 is 43.4 Å². The fourth-order valence-electron chi connectivity index (χ4n) is 2.81. The van der Waals surface area contributed by atoms with Gasteiger partial charge in [0, 0.05) is 13.0 Å². The van der Waals surface area contributed by atoms with Gasteiger partial charge in [-0.3, -0.25) is 19.4 Å². The molecule has 182 valence electrons. The molecule has 3 amide bonds. The molecule has 1 aromatic rings. The summed E-state index contributed by atoms with van der Waals surface area (Å²) >= 11 is 0. The Morgan fingerprint density at radius 2 is 1.55 bits per heavy atom. The van der Waals surface area contributed by atoms with Gasteiger partial charge in [0.2, 0.25) is 17.7 Å². The maximum absolute atomic E-state index is 12.6. The number of aliphatic imine (C=N–C) groups is 1. The summed E-state index contributed by atoms with van der Waals surface area (Å²) in [6.45, 7) is -0.948. The zero-order valence-electron chi connectivity index (χ0n) is 18.1. The molecule has 0 fully saturated rings. The van der Waals surface area contributed by atoms with Crippen LogP contribution in [0.15, 0.2) is 35.3 Å². The summed E-state index contributed by atoms with van der Waals surface area (Å²) in [6, 6.07) is 4.86. The van der Waals surface area contributed by atoms with Gasteiger partial charge >= 0.3 is 5.97 Å². The molecule has 33 heavy (non-hydrogen) atoms. The van der Waals surface area contributed by atoms with Crippen molar-refractivity contribution in [3.63, 3.8) is 0 Å². The average Bonchev–Trinajstić information content (AvgIpc) is 2.78. The van der Waals surface area contributed by atoms with Crippen molar-refractivity contribution in [3.05, 3.63) is 35.9 Å². The van der Waals surface area contributed by atoms with Crippen molar-refractivity contribution in [2.75, 3.05) is 19.7 Å². The zero-order chi connectivity index (χ0) is 24.8. The number of amides is 3. The monoisotopic (exact) mass is 465 g/mol. The van der Waals surface area contributed by atoms with Gasteiger partial charge in [-0.2, -0.15) is 0 Å². The first-order valence-electron chi connectivity index (χ1n) is 10.2. The fraction of sp³-hybridized carbons (Fsp3) is 0.450. The molecule has 1 rings (SSSR count). The highest BCUT2D eigenvalue weighted by atomic mass is 16.4. The molecule has 13 heteroatoms. The molecule has 13 nitrogen and oxygen atoms in total. The van der Waals surface area contributed by atoms with Crippen LogP contribution in [0.4, 0.5) is 0 Å². The molecule has 11 N–H and O–H groups in total. The lowest BCUT2D eigenvalue weighted by Crippen LogP contribution is -2.57. The molecule has 0 aliphatic heterocycles. The van der Waals surface area contributed by atoms with E-state index in [1.54, 1.807) is 30.3 Å². The molecule has 0 aliphatic rings. The van der Waals surface area contributed by atoms with Crippen LogP contribution in [0.1, 0.15) is 18.4 Å². The molecule has 0 spiro atoms. The van der Waals surface area contributed by atoms with Gasteiger partial charge in [-0.15, -0.1) is 0 Å². The fourth-order valence-corrected chi connectivity index (χ4v) is 2.81. The summed E-state index contributed by atoms with van der Waals surface area (Å²) in [4.78, 5) is 52.2. The van der Waals surface area contributed by atoms with Crippen LogP contribution >= 0.6 is 0 Å². The molecule has 0 radical (unpaired) electrons. The standard InChI is InChI=1S/C20H31N7O6/c21-10-16(29)25-13(7-4-8-24-20(22)23)17(30)27-15(11-28)18(31)26-14(19(32)33)9-12-5-2-1-3-6-12/h1-3,5-6,13-15,28H,4,7-11,21H2,(H,25,29)(H,26,31)(H,27,30)(H,32,33)(H4,22,23,24). The lowest BCUT2D eigenvalue weighted by molar-refractivity contribution is -0.142. The second kappa shape index (κ2) is 14.4. The number of aliphatic hydroxyl groups is 1. The Kier molecular flexibility index (Phi) is 11.9. The van der Waals surface area contributed by atoms with E-state index in [9.17, 15) is 29.4 Å². The highest BCUT2D eigenvalue weighted by molar-refractivity contribution is 5.93. The minimum absolute atomic E-state index is 0.00792. The van der Waals surface area contributed by atoms with E-state index in [0.29, 0.717) is 12.0 Å². The average molecular weight is 466 g/mol. The topological polar surface area (TPSA) is 235 Å². The van der Waals surface area contributed by atoms with E-state index < -0.39 is 48.4 Å². The number of carboxylic acid groups (broad SMARTS) is 1. The SMILES string of the molecule is NCC(=O)NC(CCCN=C(N)N)C(=O)NC(CO)C(=O)NC(Cc1ccccc1)C(=O)O. The van der Waals surface area contributed by atoms with Gasteiger partial charge in [0.1, 0.15) is 18.1 Å². The van der Waals surface area contributed by atoms with Crippen LogP contribution < -0.4 is 33.2 Å². The minimum Gasteiger partial charge on any atom is -0.480 e. The van der Waals surface area contributed by atoms with Crippen molar-refractivity contribution in [1.82, 2.24) is 16.0 Å². The van der Waals surface area contributed by atoms with Crippen LogP contribution in [-0.4, -0.2) is 77.7 Å². The van der Waals surface area contributed by atoms with Gasteiger partial charge in [0.15, 0.2) is 5.96 Å². The van der Waals surface area contributed by atoms with Crippen LogP contribution in [0.2, 0.25) is 0 Å². The molecule has 1 aromatic carbocycles. The number of benzene rings is 1. The van der Waals surface area contributed by atoms with E-state index >= 15 is 0 Å². The van der Waals surface area contributed by atoms with E-state index in [2.05, 4.69) is 20.9 Å². The number of nitrogens with two attached hydrogens (primary N) is 3. The largest absolute Gasteiger partial charge is 0.480 e. The Morgan fingerprint density at radius 1 is 0.939 bits per heavy atom. The van der Waals surface area contributed by atoms with Gasteiger partial charge in [-0.05, 0) is 18.4 Å². The maximum Gasteiger partial charge on any atom is 0.326 e. The van der Waals surface area contributed by atoms with Crippen LogP contribution in [0.5, 0.6) is 0 Å². The predicted octanol–water partition coefficient (Wildman–Crippen LogP) is -3.23. The van der Waals surface area contributed by atoms with Crippen molar-refractivity contribution in [2.45, 2.75) is 37.4 Å². The second-order valence-corrected chi connectivity index (χ2v) is 7.11. The Bertz CT molecular complexity index is 829. The Morgan fingerprint density at radius 3 is 2.09 bits per heavy atom. The van der Waals surface area contributed by atoms with Gasteiger partial charge in [0.05, 0.1) is 13.2 Å². The molecular weight excluding hydrogens is 434 g/mol. The number of guanidine groups is 1. The third kappa shape index (κ3) is 10.4. The van der Waals surface area contributed by atoms with Crippen molar-refractivity contribution >= 4 is 29.7 Å². The first kappa shape index (κ1) is 27.3. The quantitative estimate of drug-likeness (QED) is 0.0782. The lowest BCUT2D eigenvalue weighted by Gasteiger charge is -2.23. The summed E-state index contributed by atoms with van der Waals surface area (Å²) in [6.07, 6.45) is 0.461. The van der Waals surface area contributed by atoms with Crippen molar-refractivity contribution in [3.8, 4) is 0 Å². The molecule has 3 unspecified atom stereocenters. The molecule has 0 aromatic heterocycles. The lowest BCUT2D eigenvalue weighted by atomic mass is 10.1. The molecule has 0 saturated heterocycles. The number of aliphatic carboxylic acids is 1. The third-order valence-corrected chi connectivity index (χ3v) is 4.50. The normalized spacial score (nSPS) is 13.2. The smallest absolute Gasteiger partial charge is 0.326 e. The van der Waals surface area contributed by atoms with E-state index in [4.69, 9.17) is 17.2 Å². The number of nitrogens with one attached hydrogen (secondary N) is 3. The number of nitrogens with zero attached hydrogens (tertiary/aromatic N) is 1. The summed E-state index contributed by atoms with van der Waals surface area (Å²) in [5, 5.41) is 26.1. The first-order valence-corrected chi connectivity index (χ1v) is 10.2. The summed E-state index contributed by atoms with van der Waals surface area (Å²) in [7, 11) is 0. The highest BCUT2D eigenvalue weighted by Gasteiger charge is 2.29. The summed E-state index contributed by atoms with van der Waals surface area (Å²) < 4.78 is 0. The predicted molar refractivity (Wildman–Crippen MR) is 120 cm³/mol. The maximum atomic E-state index is 12.6. The number of rotatable bonds is 14. The van der Waals surface area contributed by atoms with Gasteiger partial charge in [0.25, 0.3) is 0 Å². The number of carbonyl (C=O) groups excluding carboxylic acids is 3. The zero-order valence-corrected chi connectivity index (χ0v) is 18.1. The number of aliphatic hydroxyl groups excluding tert-OH is 1. The molecular formula is C20H31N7O6. The molecule has 3 atom stereocenters. The van der Waals surface area contributed by atoms with E-state index in [0.717, 1.165) is 0 Å². The van der Waals surface area contributed by atoms with Crippen LogP contribution in [0, 0.1) is 0 Å². The second-order valence-electron chi connectivity index (χ2n) is 7.11. The highest BCUT2D eigenvalue weighted by Crippen LogP contribution is 2.05. The van der Waals surface area contributed by atoms with E-state index in [-0.39, 0.29) is 31.9 Å². The number of carboxylic acids is 1. The summed E-state index contributed by atoms with van der Waals surface area (Å²) in [5.41, 5.74) is 16.5. The minimum atomic E-state index is -1.44. The molecule has 0 saturated carbocycles. The van der Waals surface area contributed by atoms with Crippen molar-refractivity contribution in [1.29, 1.82) is 0 Å². The van der Waals surface area contributed by atoms with Gasteiger partial charge in [-0.25, -0.2) is 4.79 Å². The van der Waals surface area contributed by atoms with Gasteiger partial charge in [-0.1, -0.05) is 30.3 Å². The number of hydrogen-bond acceptors (Lipinski definition) is 7. The summed E-state index contributed by atoms with van der Waals surface area (Å²) in [5.74, 6) is -3.65. The van der Waals surface area contributed by atoms with E-state index in [1.807, 2.05) is 0 Å². The van der Waals surface area contributed by atoms with Crippen LogP contribution in [0.3, 0.4) is 0 Å². The number of hydrogen-bond donors (Lipinski definition) is 8. The van der Waals surface area contributed by atoms with Crippen molar-refractivity contribution in [2.24, 2.45) is 22.2 Å². The third-order valence-electron chi connectivity index (χ3n) is 4.50. The number of carbonyl (C=O) groups is 4. The molecule has 0 aliphatic carbocycles. The van der Waals surface area contributed by atoms with Crippen LogP contribution in [0.25, 0.3) is 0 Å². The molecule has 0 heterocycles. The Balaban J connectivity index is 2.81. The Hall–Kier alpha value is -3.71.